The van der Waals surface area contributed by atoms with Gasteiger partial charge in [0.15, 0.2) is 0 Å². The monoisotopic (exact) mass is 312 g/mol. The van der Waals surface area contributed by atoms with Crippen LogP contribution in [-0.4, -0.2) is 28.1 Å². The van der Waals surface area contributed by atoms with Gasteiger partial charge in [-0.05, 0) is 55.3 Å². The molecule has 2 aromatic rings. The van der Waals surface area contributed by atoms with Crippen LogP contribution in [0.1, 0.15) is 34.3 Å². The Morgan fingerprint density at radius 1 is 1.27 bits per heavy atom. The van der Waals surface area contributed by atoms with Gasteiger partial charge in [-0.2, -0.15) is 0 Å². The minimum Gasteiger partial charge on any atom is -0.331 e. The summed E-state index contributed by atoms with van der Waals surface area (Å²) in [5.41, 5.74) is 2.89. The highest BCUT2D eigenvalue weighted by atomic mass is 32.2. The van der Waals surface area contributed by atoms with Gasteiger partial charge in [-0.1, -0.05) is 12.1 Å². The van der Waals surface area contributed by atoms with Gasteiger partial charge >= 0.3 is 0 Å². The molecule has 0 atom stereocenters. The Morgan fingerprint density at radius 3 is 2.59 bits per heavy atom. The van der Waals surface area contributed by atoms with Crippen LogP contribution in [0, 0.1) is 6.92 Å². The molecule has 1 heterocycles. The summed E-state index contributed by atoms with van der Waals surface area (Å²) >= 11 is 1.73. The lowest BCUT2D eigenvalue weighted by Gasteiger charge is -2.23. The standard InChI is InChI=1S/C18H20N2OS/c1-13-9-10-19-11-17(13)18(21)20(15-5-6-15)12-14-3-7-16(22-2)8-4-14/h3-4,7-11,15H,5-6,12H2,1-2H3. The summed E-state index contributed by atoms with van der Waals surface area (Å²) in [5, 5.41) is 0. The maximum absolute atomic E-state index is 12.9. The molecule has 1 aromatic carbocycles. The number of rotatable bonds is 5. The summed E-state index contributed by atoms with van der Waals surface area (Å²) in [6.07, 6.45) is 7.70. The van der Waals surface area contributed by atoms with Crippen LogP contribution < -0.4 is 0 Å². The molecule has 1 aliphatic carbocycles. The van der Waals surface area contributed by atoms with Gasteiger partial charge in [0.05, 0.1) is 5.56 Å². The van der Waals surface area contributed by atoms with Crippen LogP contribution in [0.25, 0.3) is 0 Å². The number of hydrogen-bond donors (Lipinski definition) is 0. The van der Waals surface area contributed by atoms with Crippen molar-refractivity contribution in [3.63, 3.8) is 0 Å². The van der Waals surface area contributed by atoms with E-state index in [0.717, 1.165) is 24.0 Å². The third-order valence-electron chi connectivity index (χ3n) is 4.03. The summed E-state index contributed by atoms with van der Waals surface area (Å²) in [6.45, 7) is 2.64. The molecule has 0 saturated heterocycles. The van der Waals surface area contributed by atoms with E-state index in [1.165, 1.54) is 10.5 Å². The number of pyridine rings is 1. The number of carbonyl (C=O) groups excluding carboxylic acids is 1. The van der Waals surface area contributed by atoms with Gasteiger partial charge in [-0.3, -0.25) is 9.78 Å². The Labute approximate surface area is 135 Å². The Hall–Kier alpha value is -1.81. The normalized spacial score (nSPS) is 13.9. The van der Waals surface area contributed by atoms with Crippen LogP contribution in [0.5, 0.6) is 0 Å². The number of thioether (sulfide) groups is 1. The number of nitrogens with zero attached hydrogens (tertiary/aromatic N) is 2. The Bertz CT molecular complexity index is 665. The lowest BCUT2D eigenvalue weighted by Crippen LogP contribution is -2.33. The van der Waals surface area contributed by atoms with Gasteiger partial charge < -0.3 is 4.90 Å². The van der Waals surface area contributed by atoms with Crippen LogP contribution in [0.2, 0.25) is 0 Å². The first kappa shape index (κ1) is 15.1. The molecule has 0 spiro atoms. The molecule has 22 heavy (non-hydrogen) atoms. The van der Waals surface area contributed by atoms with Crippen molar-refractivity contribution in [2.45, 2.75) is 37.2 Å². The Kier molecular flexibility index (Phi) is 4.48. The van der Waals surface area contributed by atoms with Crippen molar-refractivity contribution in [1.29, 1.82) is 0 Å². The number of benzene rings is 1. The average Bonchev–Trinajstić information content (AvgIpc) is 3.38. The minimum atomic E-state index is 0.0991. The Balaban J connectivity index is 1.80. The maximum Gasteiger partial charge on any atom is 0.256 e. The molecule has 0 N–H and O–H groups in total. The Morgan fingerprint density at radius 2 is 2.00 bits per heavy atom. The van der Waals surface area contributed by atoms with Gasteiger partial charge in [0.25, 0.3) is 5.91 Å². The van der Waals surface area contributed by atoms with Crippen molar-refractivity contribution in [1.82, 2.24) is 9.88 Å². The zero-order valence-electron chi connectivity index (χ0n) is 13.0. The molecule has 4 heteroatoms. The summed E-state index contributed by atoms with van der Waals surface area (Å²) in [5.74, 6) is 0.0991. The number of hydrogen-bond acceptors (Lipinski definition) is 3. The fourth-order valence-electron chi connectivity index (χ4n) is 2.52. The molecular formula is C18H20N2OS. The van der Waals surface area contributed by atoms with Crippen LogP contribution in [0.3, 0.4) is 0 Å². The van der Waals surface area contributed by atoms with Crippen molar-refractivity contribution in [2.75, 3.05) is 6.26 Å². The predicted molar refractivity (Wildman–Crippen MR) is 90.1 cm³/mol. The number of aromatic nitrogens is 1. The zero-order chi connectivity index (χ0) is 15.5. The molecule has 114 valence electrons. The van der Waals surface area contributed by atoms with E-state index < -0.39 is 0 Å². The van der Waals surface area contributed by atoms with Crippen LogP contribution in [-0.2, 0) is 6.54 Å². The number of amides is 1. The highest BCUT2D eigenvalue weighted by molar-refractivity contribution is 7.98. The third kappa shape index (κ3) is 3.33. The summed E-state index contributed by atoms with van der Waals surface area (Å²) in [6, 6.07) is 10.7. The second-order valence-electron chi connectivity index (χ2n) is 5.70. The van der Waals surface area contributed by atoms with Crippen LogP contribution in [0.4, 0.5) is 0 Å². The van der Waals surface area contributed by atoms with E-state index in [1.807, 2.05) is 17.9 Å². The molecule has 0 unspecified atom stereocenters. The first-order valence-electron chi connectivity index (χ1n) is 7.53. The van der Waals surface area contributed by atoms with Gasteiger partial charge in [-0.15, -0.1) is 11.8 Å². The molecule has 3 rings (SSSR count). The SMILES string of the molecule is CSc1ccc(CN(C(=O)c2cnccc2C)C2CC2)cc1. The molecule has 3 nitrogen and oxygen atoms in total. The number of carbonyl (C=O) groups is 1. The lowest BCUT2D eigenvalue weighted by atomic mass is 10.1. The largest absolute Gasteiger partial charge is 0.331 e. The molecule has 1 aromatic heterocycles. The third-order valence-corrected chi connectivity index (χ3v) is 4.77. The molecule has 0 radical (unpaired) electrons. The van der Waals surface area contributed by atoms with Crippen molar-refractivity contribution in [2.24, 2.45) is 0 Å². The summed E-state index contributed by atoms with van der Waals surface area (Å²) in [4.78, 5) is 20.2. The average molecular weight is 312 g/mol. The molecule has 1 amide bonds. The first-order chi connectivity index (χ1) is 10.7. The second kappa shape index (κ2) is 6.53. The van der Waals surface area contributed by atoms with E-state index in [4.69, 9.17) is 0 Å². The maximum atomic E-state index is 12.9. The minimum absolute atomic E-state index is 0.0991. The first-order valence-corrected chi connectivity index (χ1v) is 8.76. The lowest BCUT2D eigenvalue weighted by molar-refractivity contribution is 0.0728. The quantitative estimate of drug-likeness (QED) is 0.785. The second-order valence-corrected chi connectivity index (χ2v) is 6.58. The zero-order valence-corrected chi connectivity index (χ0v) is 13.8. The van der Waals surface area contributed by atoms with Crippen LogP contribution >= 0.6 is 11.8 Å². The van der Waals surface area contributed by atoms with E-state index >= 15 is 0 Å². The number of aryl methyl sites for hydroxylation is 1. The van der Waals surface area contributed by atoms with Crippen molar-refractivity contribution in [3.8, 4) is 0 Å². The summed E-state index contributed by atoms with van der Waals surface area (Å²) in [7, 11) is 0. The van der Waals surface area contributed by atoms with E-state index in [0.29, 0.717) is 12.6 Å². The predicted octanol–water partition coefficient (Wildman–Crippen LogP) is 3.92. The molecule has 1 aliphatic rings. The molecular weight excluding hydrogens is 292 g/mol. The van der Waals surface area contributed by atoms with Crippen molar-refractivity contribution in [3.05, 3.63) is 59.4 Å². The van der Waals surface area contributed by atoms with Crippen molar-refractivity contribution < 1.29 is 4.79 Å². The smallest absolute Gasteiger partial charge is 0.256 e. The van der Waals surface area contributed by atoms with E-state index in [-0.39, 0.29) is 5.91 Å². The fraction of sp³-hybridized carbons (Fsp3) is 0.333. The molecule has 0 bridgehead atoms. The summed E-state index contributed by atoms with van der Waals surface area (Å²) < 4.78 is 0. The van der Waals surface area contributed by atoms with Crippen molar-refractivity contribution >= 4 is 17.7 Å². The molecule has 0 aliphatic heterocycles. The van der Waals surface area contributed by atoms with E-state index in [2.05, 4.69) is 35.5 Å². The highest BCUT2D eigenvalue weighted by Gasteiger charge is 2.33. The van der Waals surface area contributed by atoms with Gasteiger partial charge in [0.1, 0.15) is 0 Å². The topological polar surface area (TPSA) is 33.2 Å². The van der Waals surface area contributed by atoms with E-state index in [1.54, 1.807) is 24.2 Å². The van der Waals surface area contributed by atoms with E-state index in [9.17, 15) is 4.79 Å². The van der Waals surface area contributed by atoms with Crippen LogP contribution in [0.15, 0.2) is 47.6 Å². The van der Waals surface area contributed by atoms with Gasteiger partial charge in [0, 0.05) is 29.9 Å². The molecule has 1 saturated carbocycles. The molecule has 1 fully saturated rings. The highest BCUT2D eigenvalue weighted by Crippen LogP contribution is 2.30. The van der Waals surface area contributed by atoms with Gasteiger partial charge in [0.2, 0.25) is 0 Å². The van der Waals surface area contributed by atoms with Gasteiger partial charge in [-0.25, -0.2) is 0 Å². The fourth-order valence-corrected chi connectivity index (χ4v) is 2.93.